The quantitative estimate of drug-likeness (QED) is 0.658. The highest BCUT2D eigenvalue weighted by atomic mass is 16.5. The Bertz CT molecular complexity index is 909. The van der Waals surface area contributed by atoms with Crippen molar-refractivity contribution in [3.63, 3.8) is 0 Å². The van der Waals surface area contributed by atoms with Gasteiger partial charge < -0.3 is 19.7 Å². The predicted octanol–water partition coefficient (Wildman–Crippen LogP) is 3.08. The van der Waals surface area contributed by atoms with E-state index in [2.05, 4.69) is 28.1 Å². The third kappa shape index (κ3) is 2.54. The number of allylic oxidation sites excluding steroid dienone is 1. The first-order chi connectivity index (χ1) is 12.7. The van der Waals surface area contributed by atoms with Crippen LogP contribution in [0.1, 0.15) is 30.6 Å². The third-order valence-electron chi connectivity index (χ3n) is 5.76. The number of aliphatic hydroxyl groups excluding tert-OH is 1. The molecule has 2 atom stereocenters. The van der Waals surface area contributed by atoms with E-state index in [1.807, 2.05) is 25.3 Å². The molecule has 0 saturated carbocycles. The summed E-state index contributed by atoms with van der Waals surface area (Å²) in [5, 5.41) is 11.1. The van der Waals surface area contributed by atoms with Gasteiger partial charge in [0.25, 0.3) is 0 Å². The van der Waals surface area contributed by atoms with Crippen LogP contribution < -0.4 is 0 Å². The van der Waals surface area contributed by atoms with Crippen molar-refractivity contribution >= 4 is 16.9 Å². The number of methoxy groups -OCH3 is 1. The standard InChI is InChI=1S/C21H24N2O3/c1-3-13(12-24)16-10-19-20-15(14-6-4-5-7-18(14)22-20)8-9-23(19)11-17(16)21(25)26-2/h3-7,11,16,19,22,24H,8-10,12H2,1-2H3/t16-,19-/m0/s1. The average Bonchev–Trinajstić information content (AvgIpc) is 3.07. The lowest BCUT2D eigenvalue weighted by molar-refractivity contribution is -0.137. The lowest BCUT2D eigenvalue weighted by atomic mass is 9.79. The summed E-state index contributed by atoms with van der Waals surface area (Å²) in [6, 6.07) is 8.57. The highest BCUT2D eigenvalue weighted by Crippen LogP contribution is 2.44. The second-order valence-corrected chi connectivity index (χ2v) is 6.95. The summed E-state index contributed by atoms with van der Waals surface area (Å²) in [4.78, 5) is 18.2. The van der Waals surface area contributed by atoms with Crippen molar-refractivity contribution in [1.29, 1.82) is 0 Å². The first kappa shape index (κ1) is 16.9. The maximum Gasteiger partial charge on any atom is 0.335 e. The molecule has 136 valence electrons. The number of carbonyl (C=O) groups is 1. The molecular formula is C21H24N2O3. The topological polar surface area (TPSA) is 65.6 Å². The summed E-state index contributed by atoms with van der Waals surface area (Å²) >= 11 is 0. The molecule has 1 aromatic carbocycles. The summed E-state index contributed by atoms with van der Waals surface area (Å²) < 4.78 is 5.01. The molecule has 0 fully saturated rings. The van der Waals surface area contributed by atoms with Crippen molar-refractivity contribution < 1.29 is 14.6 Å². The number of nitrogens with zero attached hydrogens (tertiary/aromatic N) is 1. The van der Waals surface area contributed by atoms with Gasteiger partial charge in [0.1, 0.15) is 0 Å². The molecule has 2 aliphatic rings. The molecule has 5 nitrogen and oxygen atoms in total. The Morgan fingerprint density at radius 1 is 1.42 bits per heavy atom. The van der Waals surface area contributed by atoms with E-state index in [4.69, 9.17) is 4.74 Å². The number of rotatable bonds is 3. The number of H-pyrrole nitrogens is 1. The number of aromatic amines is 1. The number of nitrogens with one attached hydrogen (secondary N) is 1. The van der Waals surface area contributed by atoms with Crippen LogP contribution >= 0.6 is 0 Å². The van der Waals surface area contributed by atoms with E-state index >= 15 is 0 Å². The van der Waals surface area contributed by atoms with Crippen LogP contribution in [0.25, 0.3) is 10.9 Å². The SMILES string of the molecule is CC=C(CO)[C@@H]1C[C@H]2c3[nH]c4ccccc4c3CCN2C=C1C(=O)OC. The number of benzene rings is 1. The average molecular weight is 352 g/mol. The first-order valence-corrected chi connectivity index (χ1v) is 9.09. The number of fused-ring (bicyclic) bond motifs is 5. The molecule has 4 rings (SSSR count). The van der Waals surface area contributed by atoms with Crippen LogP contribution in [0.5, 0.6) is 0 Å². The molecule has 5 heteroatoms. The number of esters is 1. The molecule has 0 aliphatic carbocycles. The largest absolute Gasteiger partial charge is 0.466 e. The third-order valence-corrected chi connectivity index (χ3v) is 5.76. The minimum atomic E-state index is -0.316. The van der Waals surface area contributed by atoms with Gasteiger partial charge in [-0.1, -0.05) is 24.3 Å². The van der Waals surface area contributed by atoms with Crippen LogP contribution in [0.4, 0.5) is 0 Å². The number of aromatic nitrogens is 1. The summed E-state index contributed by atoms with van der Waals surface area (Å²) in [6.45, 7) is 2.72. The minimum Gasteiger partial charge on any atom is -0.466 e. The molecule has 0 radical (unpaired) electrons. The van der Waals surface area contributed by atoms with Crippen LogP contribution in [0.15, 0.2) is 47.7 Å². The number of aliphatic hydroxyl groups is 1. The van der Waals surface area contributed by atoms with Gasteiger partial charge in [-0.05, 0) is 37.0 Å². The van der Waals surface area contributed by atoms with Crippen LogP contribution in [-0.4, -0.2) is 41.2 Å². The van der Waals surface area contributed by atoms with Gasteiger partial charge in [0.2, 0.25) is 0 Å². The van der Waals surface area contributed by atoms with Crippen molar-refractivity contribution in [2.75, 3.05) is 20.3 Å². The van der Waals surface area contributed by atoms with E-state index in [0.29, 0.717) is 5.57 Å². The van der Waals surface area contributed by atoms with E-state index < -0.39 is 0 Å². The number of carbonyl (C=O) groups excluding carboxylic acids is 1. The lowest BCUT2D eigenvalue weighted by Crippen LogP contribution is -2.39. The second kappa shape index (κ2) is 6.65. The van der Waals surface area contributed by atoms with E-state index in [1.165, 1.54) is 23.8 Å². The maximum absolute atomic E-state index is 12.3. The maximum atomic E-state index is 12.3. The van der Waals surface area contributed by atoms with E-state index in [-0.39, 0.29) is 24.5 Å². The number of para-hydroxylation sites is 1. The molecule has 2 aromatic rings. The van der Waals surface area contributed by atoms with Gasteiger partial charge in [0.15, 0.2) is 0 Å². The van der Waals surface area contributed by atoms with Crippen molar-refractivity contribution in [3.8, 4) is 0 Å². The Morgan fingerprint density at radius 3 is 2.96 bits per heavy atom. The molecule has 1 aromatic heterocycles. The fourth-order valence-electron chi connectivity index (χ4n) is 4.43. The van der Waals surface area contributed by atoms with Gasteiger partial charge in [-0.2, -0.15) is 0 Å². The van der Waals surface area contributed by atoms with Crippen molar-refractivity contribution in [1.82, 2.24) is 9.88 Å². The summed E-state index contributed by atoms with van der Waals surface area (Å²) in [7, 11) is 1.41. The van der Waals surface area contributed by atoms with Gasteiger partial charge in [-0.25, -0.2) is 4.79 Å². The predicted molar refractivity (Wildman–Crippen MR) is 100 cm³/mol. The molecule has 2 N–H and O–H groups in total. The van der Waals surface area contributed by atoms with Crippen molar-refractivity contribution in [2.45, 2.75) is 25.8 Å². The number of hydrogen-bond acceptors (Lipinski definition) is 4. The molecule has 0 amide bonds. The smallest absolute Gasteiger partial charge is 0.335 e. The Kier molecular flexibility index (Phi) is 4.32. The minimum absolute atomic E-state index is 0.0538. The van der Waals surface area contributed by atoms with Crippen LogP contribution in [0.3, 0.4) is 0 Å². The molecule has 0 unspecified atom stereocenters. The number of hydrogen-bond donors (Lipinski definition) is 2. The Morgan fingerprint density at radius 2 is 2.23 bits per heavy atom. The van der Waals surface area contributed by atoms with Gasteiger partial charge in [-0.15, -0.1) is 0 Å². The highest BCUT2D eigenvalue weighted by Gasteiger charge is 2.38. The first-order valence-electron chi connectivity index (χ1n) is 9.09. The molecule has 0 spiro atoms. The van der Waals surface area contributed by atoms with E-state index in [9.17, 15) is 9.90 Å². The van der Waals surface area contributed by atoms with Crippen molar-refractivity contribution in [2.24, 2.45) is 5.92 Å². The lowest BCUT2D eigenvalue weighted by Gasteiger charge is -2.42. The Hall–Kier alpha value is -2.53. The van der Waals surface area contributed by atoms with Gasteiger partial charge in [-0.3, -0.25) is 0 Å². The molecule has 26 heavy (non-hydrogen) atoms. The zero-order valence-electron chi connectivity index (χ0n) is 15.2. The molecule has 0 saturated heterocycles. The zero-order chi connectivity index (χ0) is 18.3. The van der Waals surface area contributed by atoms with E-state index in [1.54, 1.807) is 0 Å². The summed E-state index contributed by atoms with van der Waals surface area (Å²) in [6.07, 6.45) is 5.55. The Labute approximate surface area is 153 Å². The fraction of sp³-hybridized carbons (Fsp3) is 0.381. The van der Waals surface area contributed by atoms with Crippen molar-refractivity contribution in [3.05, 3.63) is 58.9 Å². The number of ether oxygens (including phenoxy) is 1. The molecular weight excluding hydrogens is 328 g/mol. The van der Waals surface area contributed by atoms with Crippen LogP contribution in [0, 0.1) is 5.92 Å². The van der Waals surface area contributed by atoms with Gasteiger partial charge in [0, 0.05) is 35.3 Å². The fourth-order valence-corrected chi connectivity index (χ4v) is 4.43. The second-order valence-electron chi connectivity index (χ2n) is 6.95. The summed E-state index contributed by atoms with van der Waals surface area (Å²) in [5.74, 6) is -0.445. The zero-order valence-corrected chi connectivity index (χ0v) is 15.2. The normalized spacial score (nSPS) is 22.7. The van der Waals surface area contributed by atoms with Crippen LogP contribution in [-0.2, 0) is 16.0 Å². The monoisotopic (exact) mass is 352 g/mol. The van der Waals surface area contributed by atoms with Gasteiger partial charge in [0.05, 0.1) is 25.3 Å². The molecule has 2 aliphatic heterocycles. The van der Waals surface area contributed by atoms with Crippen LogP contribution in [0.2, 0.25) is 0 Å². The summed E-state index contributed by atoms with van der Waals surface area (Å²) in [5.41, 5.74) is 5.26. The van der Waals surface area contributed by atoms with Gasteiger partial charge >= 0.3 is 5.97 Å². The molecule has 3 heterocycles. The highest BCUT2D eigenvalue weighted by molar-refractivity contribution is 5.90. The van der Waals surface area contributed by atoms with E-state index in [0.717, 1.165) is 30.5 Å². The molecule has 0 bridgehead atoms. The Balaban J connectivity index is 1.80.